The van der Waals surface area contributed by atoms with Crippen molar-refractivity contribution in [2.45, 2.75) is 12.3 Å². The van der Waals surface area contributed by atoms with E-state index < -0.39 is 0 Å². The van der Waals surface area contributed by atoms with Gasteiger partial charge in [0.2, 0.25) is 5.91 Å². The molecule has 0 N–H and O–H groups in total. The van der Waals surface area contributed by atoms with E-state index in [1.807, 2.05) is 48.5 Å². The summed E-state index contributed by atoms with van der Waals surface area (Å²) in [4.78, 5) is 16.7. The number of fused-ring (bicyclic) bond motifs is 1. The topological polar surface area (TPSA) is 47.3 Å². The molecule has 0 bridgehead atoms. The lowest BCUT2D eigenvalue weighted by Crippen LogP contribution is -2.47. The molecule has 27 heavy (non-hydrogen) atoms. The van der Waals surface area contributed by atoms with Gasteiger partial charge < -0.3 is 4.90 Å². The van der Waals surface area contributed by atoms with E-state index in [2.05, 4.69) is 26.9 Å². The molecule has 7 heteroatoms. The van der Waals surface area contributed by atoms with Gasteiger partial charge in [0.05, 0.1) is 29.2 Å². The standard InChI is InChI=1S/C20H15BrClN3OS/c21-14-3-1-13(2-4-14)17-9-19(26)25-11-24(12-27-20(25)18(17)10-23)16-7-5-15(22)6-8-16/h1-8,17H,9,11-12H2. The molecular formula is C20H15BrClN3OS. The van der Waals surface area contributed by atoms with Gasteiger partial charge in [-0.05, 0) is 42.0 Å². The van der Waals surface area contributed by atoms with Gasteiger partial charge in [-0.1, -0.05) is 51.4 Å². The van der Waals surface area contributed by atoms with Crippen LogP contribution in [0.15, 0.2) is 63.6 Å². The zero-order chi connectivity index (χ0) is 19.0. The monoisotopic (exact) mass is 459 g/mol. The fourth-order valence-electron chi connectivity index (χ4n) is 3.36. The molecule has 136 valence electrons. The van der Waals surface area contributed by atoms with Gasteiger partial charge in [0.15, 0.2) is 0 Å². The third-order valence-electron chi connectivity index (χ3n) is 4.76. The van der Waals surface area contributed by atoms with Crippen LogP contribution in [-0.2, 0) is 4.79 Å². The predicted molar refractivity (Wildman–Crippen MR) is 112 cm³/mol. The third kappa shape index (κ3) is 3.60. The van der Waals surface area contributed by atoms with Gasteiger partial charge in [-0.3, -0.25) is 9.69 Å². The first-order chi connectivity index (χ1) is 13.1. The molecule has 1 amide bonds. The Balaban J connectivity index is 1.65. The number of anilines is 1. The molecule has 0 aromatic heterocycles. The largest absolute Gasteiger partial charge is 0.344 e. The second kappa shape index (κ2) is 7.59. The van der Waals surface area contributed by atoms with Crippen LogP contribution in [0.2, 0.25) is 5.02 Å². The number of halogens is 2. The van der Waals surface area contributed by atoms with Gasteiger partial charge in [-0.25, -0.2) is 0 Å². The number of hydrogen-bond donors (Lipinski definition) is 0. The first-order valence-electron chi connectivity index (χ1n) is 8.40. The highest BCUT2D eigenvalue weighted by molar-refractivity contribution is 9.10. The predicted octanol–water partition coefficient (Wildman–Crippen LogP) is 5.32. The number of carbonyl (C=O) groups is 1. The van der Waals surface area contributed by atoms with Crippen LogP contribution in [0, 0.1) is 11.3 Å². The molecule has 0 aliphatic carbocycles. The first kappa shape index (κ1) is 18.4. The zero-order valence-corrected chi connectivity index (χ0v) is 17.4. The number of rotatable bonds is 2. The molecule has 2 aromatic rings. The van der Waals surface area contributed by atoms with Gasteiger partial charge in [0.1, 0.15) is 0 Å². The van der Waals surface area contributed by atoms with Gasteiger partial charge in [0.25, 0.3) is 0 Å². The molecular weight excluding hydrogens is 446 g/mol. The molecule has 0 spiro atoms. The van der Waals surface area contributed by atoms with Crippen molar-refractivity contribution >= 4 is 50.9 Å². The number of allylic oxidation sites excluding steroid dienone is 1. The maximum Gasteiger partial charge on any atom is 0.229 e. The van der Waals surface area contributed by atoms with Crippen molar-refractivity contribution in [3.05, 3.63) is 74.2 Å². The lowest BCUT2D eigenvalue weighted by Gasteiger charge is -2.42. The van der Waals surface area contributed by atoms with Crippen LogP contribution >= 0.6 is 39.3 Å². The number of carbonyl (C=O) groups excluding carboxylic acids is 1. The Kier molecular flexibility index (Phi) is 5.18. The molecule has 2 aromatic carbocycles. The summed E-state index contributed by atoms with van der Waals surface area (Å²) in [5.41, 5.74) is 2.68. The summed E-state index contributed by atoms with van der Waals surface area (Å²) in [6.45, 7) is 0.445. The number of hydrogen-bond acceptors (Lipinski definition) is 4. The zero-order valence-electron chi connectivity index (χ0n) is 14.2. The van der Waals surface area contributed by atoms with Crippen LogP contribution in [0.25, 0.3) is 0 Å². The van der Waals surface area contributed by atoms with Crippen molar-refractivity contribution in [1.82, 2.24) is 4.90 Å². The van der Waals surface area contributed by atoms with Gasteiger partial charge in [-0.2, -0.15) is 5.26 Å². The van der Waals surface area contributed by atoms with Crippen LogP contribution in [0.3, 0.4) is 0 Å². The Labute approximate surface area is 175 Å². The summed E-state index contributed by atoms with van der Waals surface area (Å²) in [7, 11) is 0. The second-order valence-corrected chi connectivity index (χ2v) is 8.68. The van der Waals surface area contributed by atoms with Crippen LogP contribution in [0.4, 0.5) is 5.69 Å². The second-order valence-electron chi connectivity index (χ2n) is 6.39. The molecule has 1 saturated heterocycles. The Bertz CT molecular complexity index is 953. The van der Waals surface area contributed by atoms with E-state index in [-0.39, 0.29) is 11.8 Å². The average molecular weight is 461 g/mol. The minimum absolute atomic E-state index is 0.0445. The Morgan fingerprint density at radius 1 is 1.15 bits per heavy atom. The van der Waals surface area contributed by atoms with Crippen molar-refractivity contribution in [3.8, 4) is 6.07 Å². The number of thioether (sulfide) groups is 1. The van der Waals surface area contributed by atoms with E-state index in [9.17, 15) is 10.1 Å². The summed E-state index contributed by atoms with van der Waals surface area (Å²) < 4.78 is 0.979. The van der Waals surface area contributed by atoms with Crippen LogP contribution in [0.5, 0.6) is 0 Å². The Morgan fingerprint density at radius 2 is 1.85 bits per heavy atom. The van der Waals surface area contributed by atoms with Crippen molar-refractivity contribution in [2.75, 3.05) is 17.4 Å². The molecule has 1 fully saturated rings. The van der Waals surface area contributed by atoms with Crippen LogP contribution in [0.1, 0.15) is 17.9 Å². The highest BCUT2D eigenvalue weighted by Crippen LogP contribution is 2.43. The Morgan fingerprint density at radius 3 is 2.52 bits per heavy atom. The van der Waals surface area contributed by atoms with E-state index >= 15 is 0 Å². The third-order valence-corrected chi connectivity index (χ3v) is 6.69. The van der Waals surface area contributed by atoms with E-state index in [1.165, 1.54) is 11.8 Å². The molecule has 0 saturated carbocycles. The minimum atomic E-state index is -0.184. The molecule has 1 unspecified atom stereocenters. The van der Waals surface area contributed by atoms with Crippen molar-refractivity contribution in [3.63, 3.8) is 0 Å². The van der Waals surface area contributed by atoms with Crippen LogP contribution < -0.4 is 4.90 Å². The Hall–Kier alpha value is -1.94. The van der Waals surface area contributed by atoms with Crippen molar-refractivity contribution in [2.24, 2.45) is 0 Å². The maximum atomic E-state index is 12.9. The lowest BCUT2D eigenvalue weighted by molar-refractivity contribution is -0.129. The van der Waals surface area contributed by atoms with E-state index in [4.69, 9.17) is 11.6 Å². The van der Waals surface area contributed by atoms with Gasteiger partial charge >= 0.3 is 0 Å². The number of benzene rings is 2. The lowest BCUT2D eigenvalue weighted by atomic mass is 9.86. The molecule has 2 heterocycles. The highest BCUT2D eigenvalue weighted by atomic mass is 79.9. The summed E-state index contributed by atoms with van der Waals surface area (Å²) in [5, 5.41) is 11.3. The summed E-state index contributed by atoms with van der Waals surface area (Å²) in [6.07, 6.45) is 0.309. The average Bonchev–Trinajstić information content (AvgIpc) is 2.69. The molecule has 0 radical (unpaired) electrons. The van der Waals surface area contributed by atoms with Gasteiger partial charge in [-0.15, -0.1) is 0 Å². The quantitative estimate of drug-likeness (QED) is 0.608. The van der Waals surface area contributed by atoms with Crippen LogP contribution in [-0.4, -0.2) is 23.4 Å². The number of nitriles is 1. The smallest absolute Gasteiger partial charge is 0.229 e. The fourth-order valence-corrected chi connectivity index (χ4v) is 4.92. The SMILES string of the molecule is N#CC1=C2SCN(c3ccc(Cl)cc3)CN2C(=O)CC1c1ccc(Br)cc1. The molecule has 2 aliphatic rings. The van der Waals surface area contributed by atoms with E-state index in [1.54, 1.807) is 4.90 Å². The van der Waals surface area contributed by atoms with E-state index in [0.29, 0.717) is 29.6 Å². The van der Waals surface area contributed by atoms with Gasteiger partial charge in [0, 0.05) is 27.5 Å². The summed E-state index contributed by atoms with van der Waals surface area (Å²) in [5.74, 6) is 0.540. The molecule has 1 atom stereocenters. The number of amides is 1. The first-order valence-corrected chi connectivity index (χ1v) is 10.6. The van der Waals surface area contributed by atoms with Crippen molar-refractivity contribution in [1.29, 1.82) is 5.26 Å². The minimum Gasteiger partial charge on any atom is -0.344 e. The fraction of sp³-hybridized carbons (Fsp3) is 0.200. The molecule has 4 rings (SSSR count). The summed E-state index contributed by atoms with van der Waals surface area (Å²) >= 11 is 10.9. The number of nitrogens with zero attached hydrogens (tertiary/aromatic N) is 3. The molecule has 4 nitrogen and oxygen atoms in total. The highest BCUT2D eigenvalue weighted by Gasteiger charge is 2.38. The maximum absolute atomic E-state index is 12.9. The molecule has 2 aliphatic heterocycles. The van der Waals surface area contributed by atoms with E-state index in [0.717, 1.165) is 20.8 Å². The van der Waals surface area contributed by atoms with Crippen molar-refractivity contribution < 1.29 is 4.79 Å². The summed E-state index contributed by atoms with van der Waals surface area (Å²) in [6, 6.07) is 17.8. The normalized spacial score (nSPS) is 19.7.